The van der Waals surface area contributed by atoms with Gasteiger partial charge in [0.15, 0.2) is 0 Å². The Labute approximate surface area is 72.7 Å². The summed E-state index contributed by atoms with van der Waals surface area (Å²) in [7, 11) is 0. The van der Waals surface area contributed by atoms with Crippen molar-refractivity contribution in [3.8, 4) is 0 Å². The highest BCUT2D eigenvalue weighted by Gasteiger charge is 2.36. The smallest absolute Gasteiger partial charge is 0.143 e. The molecule has 0 N–H and O–H groups in total. The molecule has 0 heterocycles. The summed E-state index contributed by atoms with van der Waals surface area (Å²) in [5.74, 6) is 0.0363. The molecular formula is C10H14O2. The second-order valence-electron chi connectivity index (χ2n) is 3.38. The minimum absolute atomic E-state index is 0.0179. The molecule has 0 aromatic carbocycles. The van der Waals surface area contributed by atoms with Gasteiger partial charge in [-0.25, -0.2) is 0 Å². The van der Waals surface area contributed by atoms with Gasteiger partial charge in [0.25, 0.3) is 0 Å². The molecule has 0 bridgehead atoms. The van der Waals surface area contributed by atoms with Gasteiger partial charge in [0.05, 0.1) is 5.92 Å². The van der Waals surface area contributed by atoms with Crippen molar-refractivity contribution in [1.29, 1.82) is 0 Å². The molecule has 1 aliphatic rings. The van der Waals surface area contributed by atoms with Gasteiger partial charge in [-0.1, -0.05) is 6.08 Å². The molecule has 1 rings (SSSR count). The van der Waals surface area contributed by atoms with E-state index >= 15 is 0 Å². The number of rotatable bonds is 3. The number of allylic oxidation sites excluding steroid dienone is 1. The Kier molecular flexibility index (Phi) is 2.79. The molecule has 12 heavy (non-hydrogen) atoms. The Morgan fingerprint density at radius 3 is 2.92 bits per heavy atom. The van der Waals surface area contributed by atoms with Crippen molar-refractivity contribution in [3.63, 3.8) is 0 Å². The lowest BCUT2D eigenvalue weighted by Gasteiger charge is -2.12. The van der Waals surface area contributed by atoms with E-state index in [9.17, 15) is 9.59 Å². The first-order valence-electron chi connectivity index (χ1n) is 4.31. The first kappa shape index (κ1) is 9.17. The average Bonchev–Trinajstić information content (AvgIpc) is 2.32. The van der Waals surface area contributed by atoms with Crippen LogP contribution in [-0.2, 0) is 9.59 Å². The van der Waals surface area contributed by atoms with Crippen LogP contribution in [0.3, 0.4) is 0 Å². The minimum atomic E-state index is -0.331. The van der Waals surface area contributed by atoms with E-state index in [1.54, 1.807) is 6.08 Å². The average molecular weight is 166 g/mol. The van der Waals surface area contributed by atoms with Crippen LogP contribution < -0.4 is 0 Å². The Morgan fingerprint density at radius 2 is 2.42 bits per heavy atom. The lowest BCUT2D eigenvalue weighted by Crippen LogP contribution is -2.22. The van der Waals surface area contributed by atoms with Gasteiger partial charge in [-0.15, -0.1) is 6.58 Å². The van der Waals surface area contributed by atoms with Crippen LogP contribution in [0.15, 0.2) is 12.7 Å². The van der Waals surface area contributed by atoms with E-state index in [-0.39, 0.29) is 23.4 Å². The largest absolute Gasteiger partial charge is 0.299 e. The highest BCUT2D eigenvalue weighted by atomic mass is 16.1. The minimum Gasteiger partial charge on any atom is -0.299 e. The second-order valence-corrected chi connectivity index (χ2v) is 3.38. The van der Waals surface area contributed by atoms with Crippen molar-refractivity contribution < 1.29 is 9.59 Å². The van der Waals surface area contributed by atoms with E-state index in [0.29, 0.717) is 6.42 Å². The van der Waals surface area contributed by atoms with Crippen LogP contribution in [0.5, 0.6) is 0 Å². The zero-order valence-corrected chi connectivity index (χ0v) is 7.38. The maximum absolute atomic E-state index is 11.2. The molecule has 2 nitrogen and oxygen atoms in total. The van der Waals surface area contributed by atoms with Crippen LogP contribution in [-0.4, -0.2) is 11.6 Å². The summed E-state index contributed by atoms with van der Waals surface area (Å²) >= 11 is 0. The van der Waals surface area contributed by atoms with Crippen LogP contribution in [0.2, 0.25) is 0 Å². The van der Waals surface area contributed by atoms with E-state index in [0.717, 1.165) is 12.8 Å². The molecule has 0 amide bonds. The summed E-state index contributed by atoms with van der Waals surface area (Å²) in [6.07, 6.45) is 4.01. The third-order valence-corrected chi connectivity index (χ3v) is 2.49. The Hall–Kier alpha value is -0.920. The predicted molar refractivity (Wildman–Crippen MR) is 46.7 cm³/mol. The normalized spacial score (nSPS) is 28.9. The second kappa shape index (κ2) is 3.65. The van der Waals surface area contributed by atoms with Crippen molar-refractivity contribution in [2.75, 3.05) is 0 Å². The zero-order valence-electron chi connectivity index (χ0n) is 7.38. The SMILES string of the molecule is C=CC[C@@H]1CCC(=O)[C@H]1C(C)=O. The monoisotopic (exact) mass is 166 g/mol. The molecule has 1 fully saturated rings. The Morgan fingerprint density at radius 1 is 1.75 bits per heavy atom. The van der Waals surface area contributed by atoms with Crippen LogP contribution in [0, 0.1) is 11.8 Å². The van der Waals surface area contributed by atoms with Crippen molar-refractivity contribution >= 4 is 11.6 Å². The maximum atomic E-state index is 11.2. The molecule has 0 saturated heterocycles. The Bertz CT molecular complexity index is 218. The summed E-state index contributed by atoms with van der Waals surface area (Å²) < 4.78 is 0. The van der Waals surface area contributed by atoms with E-state index < -0.39 is 0 Å². The molecule has 0 aromatic rings. The van der Waals surface area contributed by atoms with E-state index in [1.165, 1.54) is 6.92 Å². The number of hydrogen-bond acceptors (Lipinski definition) is 2. The van der Waals surface area contributed by atoms with Crippen molar-refractivity contribution in [2.24, 2.45) is 11.8 Å². The molecule has 66 valence electrons. The fourth-order valence-electron chi connectivity index (χ4n) is 1.94. The molecule has 1 saturated carbocycles. The molecule has 2 heteroatoms. The van der Waals surface area contributed by atoms with E-state index in [2.05, 4.69) is 6.58 Å². The molecule has 0 spiro atoms. The third kappa shape index (κ3) is 1.63. The summed E-state index contributed by atoms with van der Waals surface area (Å²) in [5, 5.41) is 0. The molecule has 0 aliphatic heterocycles. The topological polar surface area (TPSA) is 34.1 Å². The molecule has 0 radical (unpaired) electrons. The zero-order chi connectivity index (χ0) is 9.14. The summed E-state index contributed by atoms with van der Waals surface area (Å²) in [4.78, 5) is 22.3. The fourth-order valence-corrected chi connectivity index (χ4v) is 1.94. The van der Waals surface area contributed by atoms with Crippen molar-refractivity contribution in [3.05, 3.63) is 12.7 Å². The standard InChI is InChI=1S/C10H14O2/c1-3-4-8-5-6-9(12)10(8)7(2)11/h3,8,10H,1,4-6H2,2H3/t8-,10+/m1/s1. The van der Waals surface area contributed by atoms with Gasteiger partial charge in [0.2, 0.25) is 0 Å². The van der Waals surface area contributed by atoms with Crippen molar-refractivity contribution in [2.45, 2.75) is 26.2 Å². The summed E-state index contributed by atoms with van der Waals surface area (Å²) in [5.41, 5.74) is 0. The summed E-state index contributed by atoms with van der Waals surface area (Å²) in [6.45, 7) is 5.12. The van der Waals surface area contributed by atoms with E-state index in [4.69, 9.17) is 0 Å². The number of carbonyl (C=O) groups excluding carboxylic acids is 2. The fraction of sp³-hybridized carbons (Fsp3) is 0.600. The van der Waals surface area contributed by atoms with Crippen LogP contribution in [0.4, 0.5) is 0 Å². The van der Waals surface area contributed by atoms with Gasteiger partial charge in [-0.05, 0) is 25.7 Å². The molecule has 0 aromatic heterocycles. The quantitative estimate of drug-likeness (QED) is 0.473. The van der Waals surface area contributed by atoms with Gasteiger partial charge in [0.1, 0.15) is 11.6 Å². The first-order chi connectivity index (χ1) is 5.66. The number of Topliss-reactive ketones (excluding diaryl/α,β-unsaturated/α-hetero) is 2. The van der Waals surface area contributed by atoms with Gasteiger partial charge in [0, 0.05) is 6.42 Å². The van der Waals surface area contributed by atoms with Crippen LogP contribution in [0.1, 0.15) is 26.2 Å². The molecule has 2 atom stereocenters. The van der Waals surface area contributed by atoms with E-state index in [1.807, 2.05) is 0 Å². The lowest BCUT2D eigenvalue weighted by molar-refractivity contribution is -0.130. The third-order valence-electron chi connectivity index (χ3n) is 2.49. The van der Waals surface area contributed by atoms with Gasteiger partial charge >= 0.3 is 0 Å². The van der Waals surface area contributed by atoms with Gasteiger partial charge in [-0.2, -0.15) is 0 Å². The number of carbonyl (C=O) groups is 2. The highest BCUT2D eigenvalue weighted by molar-refractivity contribution is 6.03. The van der Waals surface area contributed by atoms with Gasteiger partial charge in [-0.3, -0.25) is 9.59 Å². The number of hydrogen-bond donors (Lipinski definition) is 0. The summed E-state index contributed by atoms with van der Waals surface area (Å²) in [6, 6.07) is 0. The van der Waals surface area contributed by atoms with Crippen LogP contribution >= 0.6 is 0 Å². The van der Waals surface area contributed by atoms with Crippen LogP contribution in [0.25, 0.3) is 0 Å². The molecular weight excluding hydrogens is 152 g/mol. The van der Waals surface area contributed by atoms with Gasteiger partial charge < -0.3 is 0 Å². The lowest BCUT2D eigenvalue weighted by atomic mass is 9.89. The predicted octanol–water partition coefficient (Wildman–Crippen LogP) is 1.75. The first-order valence-corrected chi connectivity index (χ1v) is 4.31. The highest BCUT2D eigenvalue weighted by Crippen LogP contribution is 2.32. The number of ketones is 2. The maximum Gasteiger partial charge on any atom is 0.143 e. The molecule has 0 unspecified atom stereocenters. The molecule has 1 aliphatic carbocycles. The Balaban J connectivity index is 2.69. The van der Waals surface area contributed by atoms with Crippen molar-refractivity contribution in [1.82, 2.24) is 0 Å².